The van der Waals surface area contributed by atoms with Crippen molar-refractivity contribution >= 4 is 38.6 Å². The number of methoxy groups -OCH3 is 1. The molecule has 0 saturated carbocycles. The Morgan fingerprint density at radius 3 is 3.00 bits per heavy atom. The third kappa shape index (κ3) is 4.24. The summed E-state index contributed by atoms with van der Waals surface area (Å²) in [5.74, 6) is 2.48. The van der Waals surface area contributed by atoms with Crippen LogP contribution in [0.5, 0.6) is 5.75 Å². The first-order chi connectivity index (χ1) is 15.2. The van der Waals surface area contributed by atoms with E-state index < -0.39 is 0 Å². The number of nitrogens with one attached hydrogen (secondary N) is 1. The molecule has 1 aliphatic rings. The number of benzene rings is 2. The first-order valence-electron chi connectivity index (χ1n) is 10.3. The van der Waals surface area contributed by atoms with E-state index in [0.717, 1.165) is 75.0 Å². The van der Waals surface area contributed by atoms with Gasteiger partial charge in [-0.05, 0) is 37.1 Å². The lowest BCUT2D eigenvalue weighted by molar-refractivity contribution is 0.0953. The smallest absolute Gasteiger partial charge is 0.191 e. The first kappa shape index (κ1) is 20.6. The minimum absolute atomic E-state index is 0.194. The Bertz CT molecular complexity index is 1200. The largest absolute Gasteiger partial charge is 0.496 e. The van der Waals surface area contributed by atoms with Gasteiger partial charge >= 0.3 is 0 Å². The standard InChI is InChI=1S/C23H23BrN4O2S/c1-29-21-9-8-16(24)11-15(21)14-31-23-27-26-22(28(23)13-17-5-4-10-30-17)19-12-25-20-7-3-2-6-18(19)20/h2-3,6-9,11-12,17,25H,4-5,10,13-14H2,1H3. The number of aromatic amines is 1. The van der Waals surface area contributed by atoms with Crippen molar-refractivity contribution in [1.29, 1.82) is 0 Å². The highest BCUT2D eigenvalue weighted by Gasteiger charge is 2.23. The Labute approximate surface area is 193 Å². The van der Waals surface area contributed by atoms with E-state index in [1.54, 1.807) is 18.9 Å². The van der Waals surface area contributed by atoms with E-state index in [9.17, 15) is 0 Å². The number of thioether (sulfide) groups is 1. The Morgan fingerprint density at radius 1 is 1.26 bits per heavy atom. The van der Waals surface area contributed by atoms with Gasteiger partial charge in [-0.1, -0.05) is 45.9 Å². The van der Waals surface area contributed by atoms with E-state index in [1.807, 2.05) is 24.4 Å². The van der Waals surface area contributed by atoms with Gasteiger partial charge in [-0.15, -0.1) is 10.2 Å². The van der Waals surface area contributed by atoms with Gasteiger partial charge in [0.1, 0.15) is 5.75 Å². The molecule has 1 aliphatic heterocycles. The monoisotopic (exact) mass is 498 g/mol. The summed E-state index contributed by atoms with van der Waals surface area (Å²) in [4.78, 5) is 3.36. The highest BCUT2D eigenvalue weighted by atomic mass is 79.9. The molecule has 2 aromatic carbocycles. The van der Waals surface area contributed by atoms with Gasteiger partial charge in [-0.25, -0.2) is 0 Å². The second kappa shape index (κ2) is 9.06. The summed E-state index contributed by atoms with van der Waals surface area (Å²) in [6, 6.07) is 14.3. The maximum Gasteiger partial charge on any atom is 0.191 e. The zero-order chi connectivity index (χ0) is 21.2. The molecule has 0 aliphatic carbocycles. The van der Waals surface area contributed by atoms with Crippen LogP contribution in [0.15, 0.2) is 58.3 Å². The molecule has 0 spiro atoms. The minimum atomic E-state index is 0.194. The van der Waals surface area contributed by atoms with Crippen molar-refractivity contribution in [2.45, 2.75) is 36.4 Å². The predicted octanol–water partition coefficient (Wildman–Crippen LogP) is 5.67. The van der Waals surface area contributed by atoms with Crippen molar-refractivity contribution in [2.24, 2.45) is 0 Å². The number of hydrogen-bond donors (Lipinski definition) is 1. The molecule has 0 amide bonds. The molecule has 1 saturated heterocycles. The fraction of sp³-hybridized carbons (Fsp3) is 0.304. The number of aromatic nitrogens is 4. The molecule has 6 nitrogen and oxygen atoms in total. The van der Waals surface area contributed by atoms with Gasteiger partial charge < -0.3 is 14.5 Å². The summed E-state index contributed by atoms with van der Waals surface area (Å²) in [7, 11) is 1.70. The molecule has 31 heavy (non-hydrogen) atoms. The van der Waals surface area contributed by atoms with Gasteiger partial charge in [0.05, 0.1) is 19.8 Å². The number of nitrogens with zero attached hydrogens (tertiary/aromatic N) is 3. The van der Waals surface area contributed by atoms with Crippen LogP contribution in [0.2, 0.25) is 0 Å². The molecule has 0 bridgehead atoms. The summed E-state index contributed by atoms with van der Waals surface area (Å²) in [6.07, 6.45) is 4.38. The van der Waals surface area contributed by atoms with Crippen molar-refractivity contribution in [3.05, 3.63) is 58.7 Å². The normalized spacial score (nSPS) is 16.3. The molecule has 4 aromatic rings. The van der Waals surface area contributed by atoms with E-state index in [-0.39, 0.29) is 6.10 Å². The summed E-state index contributed by atoms with van der Waals surface area (Å²) in [5.41, 5.74) is 3.27. The second-order valence-corrected chi connectivity index (χ2v) is 9.40. The van der Waals surface area contributed by atoms with Crippen molar-refractivity contribution in [1.82, 2.24) is 19.7 Å². The lowest BCUT2D eigenvalue weighted by atomic mass is 10.1. The summed E-state index contributed by atoms with van der Waals surface area (Å²) >= 11 is 5.23. The molecule has 8 heteroatoms. The van der Waals surface area contributed by atoms with Crippen molar-refractivity contribution in [3.8, 4) is 17.1 Å². The van der Waals surface area contributed by atoms with Crippen LogP contribution in [0.1, 0.15) is 18.4 Å². The van der Waals surface area contributed by atoms with Crippen LogP contribution in [0.25, 0.3) is 22.3 Å². The molecule has 5 rings (SSSR count). The van der Waals surface area contributed by atoms with Crippen LogP contribution in [-0.4, -0.2) is 39.6 Å². The van der Waals surface area contributed by atoms with Gasteiger partial charge in [0, 0.05) is 45.1 Å². The number of rotatable bonds is 7. The molecule has 2 aromatic heterocycles. The maximum absolute atomic E-state index is 5.94. The number of ether oxygens (including phenoxy) is 2. The third-order valence-corrected chi connectivity index (χ3v) is 7.07. The van der Waals surface area contributed by atoms with Crippen molar-refractivity contribution < 1.29 is 9.47 Å². The molecule has 160 valence electrons. The number of hydrogen-bond acceptors (Lipinski definition) is 5. The molecule has 0 radical (unpaired) electrons. The minimum Gasteiger partial charge on any atom is -0.496 e. The van der Waals surface area contributed by atoms with Gasteiger partial charge in [0.2, 0.25) is 0 Å². The average molecular weight is 499 g/mol. The van der Waals surface area contributed by atoms with E-state index in [4.69, 9.17) is 9.47 Å². The van der Waals surface area contributed by atoms with E-state index in [2.05, 4.69) is 59.9 Å². The van der Waals surface area contributed by atoms with E-state index in [0.29, 0.717) is 0 Å². The number of para-hydroxylation sites is 1. The number of halogens is 1. The predicted molar refractivity (Wildman–Crippen MR) is 127 cm³/mol. The maximum atomic E-state index is 5.94. The molecule has 3 heterocycles. The Kier molecular flexibility index (Phi) is 6.02. The Hall–Kier alpha value is -2.29. The van der Waals surface area contributed by atoms with Gasteiger partial charge in [0.25, 0.3) is 0 Å². The Morgan fingerprint density at radius 2 is 2.16 bits per heavy atom. The van der Waals surface area contributed by atoms with Crippen LogP contribution >= 0.6 is 27.7 Å². The molecule has 1 N–H and O–H groups in total. The summed E-state index contributed by atoms with van der Waals surface area (Å²) in [6.45, 7) is 1.58. The van der Waals surface area contributed by atoms with E-state index in [1.165, 1.54) is 0 Å². The zero-order valence-electron chi connectivity index (χ0n) is 17.2. The van der Waals surface area contributed by atoms with Crippen LogP contribution in [-0.2, 0) is 17.0 Å². The Balaban J connectivity index is 1.49. The second-order valence-electron chi connectivity index (χ2n) is 7.54. The molecular weight excluding hydrogens is 476 g/mol. The zero-order valence-corrected chi connectivity index (χ0v) is 19.6. The lowest BCUT2D eigenvalue weighted by Crippen LogP contribution is -2.16. The average Bonchev–Trinajstić information content (AvgIpc) is 3.53. The van der Waals surface area contributed by atoms with Crippen LogP contribution in [0.4, 0.5) is 0 Å². The van der Waals surface area contributed by atoms with Gasteiger partial charge in [-0.2, -0.15) is 0 Å². The van der Waals surface area contributed by atoms with Crippen molar-refractivity contribution in [2.75, 3.05) is 13.7 Å². The van der Waals surface area contributed by atoms with Gasteiger partial charge in [0.15, 0.2) is 11.0 Å². The summed E-state index contributed by atoms with van der Waals surface area (Å²) in [5, 5.41) is 11.2. The molecular formula is C23H23BrN4O2S. The molecule has 1 unspecified atom stereocenters. The fourth-order valence-corrected chi connectivity index (χ4v) is 5.34. The van der Waals surface area contributed by atoms with Crippen molar-refractivity contribution in [3.63, 3.8) is 0 Å². The quantitative estimate of drug-likeness (QED) is 0.332. The van der Waals surface area contributed by atoms with Crippen LogP contribution in [0, 0.1) is 0 Å². The van der Waals surface area contributed by atoms with Crippen LogP contribution in [0.3, 0.4) is 0 Å². The SMILES string of the molecule is COc1ccc(Br)cc1CSc1nnc(-c2c[nH]c3ccccc23)n1CC1CCCO1. The number of H-pyrrole nitrogens is 1. The fourth-order valence-electron chi connectivity index (χ4n) is 4.01. The highest BCUT2D eigenvalue weighted by Crippen LogP contribution is 2.34. The first-order valence-corrected chi connectivity index (χ1v) is 12.1. The lowest BCUT2D eigenvalue weighted by Gasteiger charge is -2.15. The van der Waals surface area contributed by atoms with E-state index >= 15 is 0 Å². The van der Waals surface area contributed by atoms with Crippen LogP contribution < -0.4 is 4.74 Å². The molecule has 1 fully saturated rings. The third-order valence-electron chi connectivity index (χ3n) is 5.56. The topological polar surface area (TPSA) is 65.0 Å². The summed E-state index contributed by atoms with van der Waals surface area (Å²) < 4.78 is 14.7. The highest BCUT2D eigenvalue weighted by molar-refractivity contribution is 9.10. The molecule has 1 atom stereocenters. The van der Waals surface area contributed by atoms with Gasteiger partial charge in [-0.3, -0.25) is 4.57 Å². The number of fused-ring (bicyclic) bond motifs is 1.